The lowest BCUT2D eigenvalue weighted by atomic mass is 10.0. The number of esters is 1. The molecule has 0 aliphatic carbocycles. The highest BCUT2D eigenvalue weighted by atomic mass is 16.6. The van der Waals surface area contributed by atoms with Crippen LogP contribution in [-0.2, 0) is 19.1 Å². The van der Waals surface area contributed by atoms with Crippen LogP contribution in [0.2, 0.25) is 0 Å². The Hall–Kier alpha value is -2.57. The first-order chi connectivity index (χ1) is 10.8. The molecule has 1 atom stereocenters. The monoisotopic (exact) mass is 323 g/mol. The second-order valence-electron chi connectivity index (χ2n) is 5.13. The number of hydrogen-bond acceptors (Lipinski definition) is 6. The Balaban J connectivity index is 2.41. The molecule has 0 fully saturated rings. The molecule has 7 heteroatoms. The molecule has 1 rings (SSSR count). The van der Waals surface area contributed by atoms with E-state index in [9.17, 15) is 14.4 Å². The Kier molecular flexibility index (Phi) is 7.05. The molecule has 0 saturated heterocycles. The molecule has 0 aliphatic heterocycles. The van der Waals surface area contributed by atoms with Crippen LogP contribution in [0.3, 0.4) is 0 Å². The van der Waals surface area contributed by atoms with Crippen molar-refractivity contribution >= 4 is 18.0 Å². The van der Waals surface area contributed by atoms with Crippen molar-refractivity contribution in [3.63, 3.8) is 0 Å². The zero-order valence-corrected chi connectivity index (χ0v) is 13.6. The van der Waals surface area contributed by atoms with Crippen LogP contribution in [0.4, 0.5) is 4.79 Å². The second-order valence-corrected chi connectivity index (χ2v) is 5.13. The molecule has 1 N–H and O–H groups in total. The summed E-state index contributed by atoms with van der Waals surface area (Å²) in [6, 6.07) is 7.35. The number of hydrogen-bond donors (Lipinski definition) is 1. The van der Waals surface area contributed by atoms with Crippen LogP contribution in [0.25, 0.3) is 0 Å². The van der Waals surface area contributed by atoms with Crippen LogP contribution >= 0.6 is 0 Å². The highest BCUT2D eigenvalue weighted by Gasteiger charge is 2.20. The van der Waals surface area contributed by atoms with Gasteiger partial charge in [0.1, 0.15) is 5.75 Å². The molecule has 0 spiro atoms. The van der Waals surface area contributed by atoms with Gasteiger partial charge in [0.15, 0.2) is 12.7 Å². The van der Waals surface area contributed by atoms with Gasteiger partial charge in [0.05, 0.1) is 7.11 Å². The van der Waals surface area contributed by atoms with Crippen LogP contribution < -0.4 is 10.1 Å². The highest BCUT2D eigenvalue weighted by molar-refractivity contribution is 5.95. The number of ether oxygens (including phenoxy) is 3. The van der Waals surface area contributed by atoms with E-state index in [4.69, 9.17) is 9.47 Å². The predicted octanol–water partition coefficient (Wildman–Crippen LogP) is 2.00. The summed E-state index contributed by atoms with van der Waals surface area (Å²) < 4.78 is 14.4. The predicted molar refractivity (Wildman–Crippen MR) is 82.1 cm³/mol. The minimum atomic E-state index is -1.13. The lowest BCUT2D eigenvalue weighted by molar-refractivity contribution is -0.156. The normalized spacial score (nSPS) is 11.5. The number of benzene rings is 1. The van der Waals surface area contributed by atoms with Crippen LogP contribution in [0.1, 0.15) is 32.3 Å². The summed E-state index contributed by atoms with van der Waals surface area (Å²) in [6.45, 7) is 5.16. The lowest BCUT2D eigenvalue weighted by Crippen LogP contribution is -2.40. The molecule has 1 aromatic carbocycles. The van der Waals surface area contributed by atoms with E-state index in [1.54, 1.807) is 12.1 Å². The van der Waals surface area contributed by atoms with Gasteiger partial charge in [-0.05, 0) is 30.5 Å². The first-order valence-corrected chi connectivity index (χ1v) is 7.14. The summed E-state index contributed by atoms with van der Waals surface area (Å²) in [5, 5.41) is 1.91. The number of carbonyl (C=O) groups is 3. The van der Waals surface area contributed by atoms with Crippen molar-refractivity contribution < 1.29 is 28.6 Å². The molecule has 0 radical (unpaired) electrons. The Morgan fingerprint density at radius 2 is 1.70 bits per heavy atom. The Morgan fingerprint density at radius 1 is 1.09 bits per heavy atom. The van der Waals surface area contributed by atoms with E-state index in [1.807, 2.05) is 17.4 Å². The molecule has 23 heavy (non-hydrogen) atoms. The molecule has 7 nitrogen and oxygen atoms in total. The second kappa shape index (κ2) is 8.77. The molecule has 0 aliphatic rings. The van der Waals surface area contributed by atoms with Crippen molar-refractivity contribution in [3.8, 4) is 5.75 Å². The van der Waals surface area contributed by atoms with Gasteiger partial charge < -0.3 is 14.2 Å². The van der Waals surface area contributed by atoms with Crippen molar-refractivity contribution in [1.82, 2.24) is 5.32 Å². The average molecular weight is 323 g/mol. The van der Waals surface area contributed by atoms with Crippen LogP contribution in [0.5, 0.6) is 5.75 Å². The summed E-state index contributed by atoms with van der Waals surface area (Å²) in [5.41, 5.74) is 1.16. The minimum Gasteiger partial charge on any atom is -0.482 e. The number of nitrogens with one attached hydrogen (secondary N) is 1. The van der Waals surface area contributed by atoms with E-state index < -0.39 is 24.1 Å². The summed E-state index contributed by atoms with van der Waals surface area (Å²) in [6.07, 6.45) is -2.05. The molecule has 0 aromatic heterocycles. The third kappa shape index (κ3) is 6.37. The fourth-order valence-corrected chi connectivity index (χ4v) is 1.63. The maximum Gasteiger partial charge on any atom is 0.413 e. The first-order valence-electron chi connectivity index (χ1n) is 7.14. The lowest BCUT2D eigenvalue weighted by Gasteiger charge is -2.13. The van der Waals surface area contributed by atoms with E-state index in [-0.39, 0.29) is 6.61 Å². The smallest absolute Gasteiger partial charge is 0.413 e. The van der Waals surface area contributed by atoms with Gasteiger partial charge in [0.25, 0.3) is 5.91 Å². The average Bonchev–Trinajstić information content (AvgIpc) is 2.52. The largest absolute Gasteiger partial charge is 0.482 e. The van der Waals surface area contributed by atoms with E-state index in [0.717, 1.165) is 12.7 Å². The topological polar surface area (TPSA) is 90.9 Å². The number of methoxy groups -OCH3 is 1. The van der Waals surface area contributed by atoms with Gasteiger partial charge in [0.2, 0.25) is 0 Å². The SMILES string of the molecule is COC(=O)NC(=O)[C@@H](C)OC(=O)COc1ccc(C(C)C)cc1. The van der Waals surface area contributed by atoms with Crippen molar-refractivity contribution in [2.75, 3.05) is 13.7 Å². The molecular weight excluding hydrogens is 302 g/mol. The van der Waals surface area contributed by atoms with Crippen molar-refractivity contribution in [1.29, 1.82) is 0 Å². The molecule has 1 aromatic rings. The molecule has 0 saturated carbocycles. The maximum absolute atomic E-state index is 11.6. The highest BCUT2D eigenvalue weighted by Crippen LogP contribution is 2.18. The molecular formula is C16H21NO6. The third-order valence-corrected chi connectivity index (χ3v) is 2.99. The summed E-state index contributed by atoms with van der Waals surface area (Å²) in [7, 11) is 1.12. The third-order valence-electron chi connectivity index (χ3n) is 2.99. The van der Waals surface area contributed by atoms with E-state index in [0.29, 0.717) is 11.7 Å². The quantitative estimate of drug-likeness (QED) is 0.805. The van der Waals surface area contributed by atoms with Gasteiger partial charge in [-0.15, -0.1) is 0 Å². The maximum atomic E-state index is 11.6. The number of imide groups is 1. The summed E-state index contributed by atoms with van der Waals surface area (Å²) >= 11 is 0. The van der Waals surface area contributed by atoms with Crippen LogP contribution in [-0.4, -0.2) is 37.8 Å². The summed E-state index contributed by atoms with van der Waals surface area (Å²) in [5.74, 6) is -0.557. The molecule has 0 heterocycles. The van der Waals surface area contributed by atoms with Gasteiger partial charge in [-0.3, -0.25) is 10.1 Å². The number of rotatable bonds is 6. The Morgan fingerprint density at radius 3 is 2.22 bits per heavy atom. The van der Waals surface area contributed by atoms with Crippen molar-refractivity contribution in [2.24, 2.45) is 0 Å². The minimum absolute atomic E-state index is 0.336. The Bertz CT molecular complexity index is 552. The first kappa shape index (κ1) is 18.5. The van der Waals surface area contributed by atoms with Gasteiger partial charge in [-0.2, -0.15) is 0 Å². The number of amides is 2. The molecule has 0 bridgehead atoms. The van der Waals surface area contributed by atoms with Gasteiger partial charge in [0, 0.05) is 0 Å². The van der Waals surface area contributed by atoms with E-state index >= 15 is 0 Å². The fraction of sp³-hybridized carbons (Fsp3) is 0.438. The molecule has 126 valence electrons. The Labute approximate surface area is 134 Å². The number of alkyl carbamates (subject to hydrolysis) is 1. The zero-order chi connectivity index (χ0) is 17.4. The van der Waals surface area contributed by atoms with Crippen molar-refractivity contribution in [3.05, 3.63) is 29.8 Å². The van der Waals surface area contributed by atoms with E-state index in [2.05, 4.69) is 18.6 Å². The molecule has 2 amide bonds. The molecule has 0 unspecified atom stereocenters. The van der Waals surface area contributed by atoms with Crippen LogP contribution in [0, 0.1) is 0 Å². The van der Waals surface area contributed by atoms with E-state index in [1.165, 1.54) is 6.92 Å². The van der Waals surface area contributed by atoms with Gasteiger partial charge in [-0.25, -0.2) is 9.59 Å². The summed E-state index contributed by atoms with van der Waals surface area (Å²) in [4.78, 5) is 34.0. The van der Waals surface area contributed by atoms with Gasteiger partial charge in [-0.1, -0.05) is 26.0 Å². The van der Waals surface area contributed by atoms with Crippen LogP contribution in [0.15, 0.2) is 24.3 Å². The standard InChI is InChI=1S/C16H21NO6/c1-10(2)12-5-7-13(8-6-12)22-9-14(18)23-11(3)15(19)17-16(20)21-4/h5-8,10-11H,9H2,1-4H3,(H,17,19,20)/t11-/m1/s1. The number of carbonyl (C=O) groups excluding carboxylic acids is 3. The fourth-order valence-electron chi connectivity index (χ4n) is 1.63. The van der Waals surface area contributed by atoms with Crippen molar-refractivity contribution in [2.45, 2.75) is 32.8 Å². The zero-order valence-electron chi connectivity index (χ0n) is 13.6. The van der Waals surface area contributed by atoms with Gasteiger partial charge >= 0.3 is 12.1 Å².